The molecular weight excluding hydrogens is 366 g/mol. The van der Waals surface area contributed by atoms with Crippen LogP contribution in [0.4, 0.5) is 10.5 Å². The SMILES string of the molecule is O=C(O)N1CCN(c2cccc3ccn(S(=O)(=O)c4ccccc4)c23)CC1. The van der Waals surface area contributed by atoms with Gasteiger partial charge < -0.3 is 14.9 Å². The van der Waals surface area contributed by atoms with E-state index >= 15 is 0 Å². The lowest BCUT2D eigenvalue weighted by Gasteiger charge is -2.35. The topological polar surface area (TPSA) is 82.8 Å². The molecule has 0 spiro atoms. The Morgan fingerprint density at radius 3 is 2.26 bits per heavy atom. The minimum absolute atomic E-state index is 0.230. The molecule has 1 amide bonds. The number of fused-ring (bicyclic) bond motifs is 1. The van der Waals surface area contributed by atoms with Gasteiger partial charge in [0.15, 0.2) is 0 Å². The monoisotopic (exact) mass is 385 g/mol. The van der Waals surface area contributed by atoms with Crippen molar-refractivity contribution in [3.8, 4) is 0 Å². The molecule has 1 N–H and O–H groups in total. The van der Waals surface area contributed by atoms with Gasteiger partial charge in [-0.05, 0) is 24.3 Å². The Morgan fingerprint density at radius 1 is 0.889 bits per heavy atom. The molecule has 140 valence electrons. The van der Waals surface area contributed by atoms with Gasteiger partial charge in [-0.15, -0.1) is 0 Å². The molecule has 3 aromatic rings. The van der Waals surface area contributed by atoms with Crippen LogP contribution in [0.25, 0.3) is 10.9 Å². The fourth-order valence-corrected chi connectivity index (χ4v) is 4.83. The molecule has 4 rings (SSSR count). The first-order chi connectivity index (χ1) is 13.0. The first kappa shape index (κ1) is 17.4. The number of hydrogen-bond acceptors (Lipinski definition) is 4. The largest absolute Gasteiger partial charge is 0.465 e. The molecule has 0 atom stereocenters. The molecule has 0 aliphatic carbocycles. The van der Waals surface area contributed by atoms with E-state index in [9.17, 15) is 13.2 Å². The first-order valence-corrected chi connectivity index (χ1v) is 10.1. The zero-order valence-corrected chi connectivity index (χ0v) is 15.3. The van der Waals surface area contributed by atoms with Crippen LogP contribution in [0.2, 0.25) is 0 Å². The zero-order valence-electron chi connectivity index (χ0n) is 14.5. The average Bonchev–Trinajstić information content (AvgIpc) is 3.14. The Balaban J connectivity index is 1.78. The molecule has 1 fully saturated rings. The van der Waals surface area contributed by atoms with Crippen molar-refractivity contribution in [2.75, 3.05) is 31.1 Å². The highest BCUT2D eigenvalue weighted by molar-refractivity contribution is 7.90. The maximum atomic E-state index is 13.1. The standard InChI is InChI=1S/C19H19N3O4S/c23-19(24)21-13-11-20(12-14-21)17-8-4-5-15-9-10-22(18(15)17)27(25,26)16-6-2-1-3-7-16/h1-10H,11-14H2,(H,23,24). The Morgan fingerprint density at radius 2 is 1.59 bits per heavy atom. The Bertz CT molecular complexity index is 1080. The highest BCUT2D eigenvalue weighted by Crippen LogP contribution is 2.31. The number of aromatic nitrogens is 1. The summed E-state index contributed by atoms with van der Waals surface area (Å²) in [6.45, 7) is 1.81. The second-order valence-corrected chi connectivity index (χ2v) is 8.22. The summed E-state index contributed by atoms with van der Waals surface area (Å²) in [7, 11) is -3.72. The van der Waals surface area contributed by atoms with E-state index in [4.69, 9.17) is 5.11 Å². The summed E-state index contributed by atoms with van der Waals surface area (Å²) in [6, 6.07) is 15.8. The summed E-state index contributed by atoms with van der Waals surface area (Å²) in [5, 5.41) is 9.96. The second kappa shape index (κ2) is 6.62. The number of anilines is 1. The molecule has 0 saturated carbocycles. The second-order valence-electron chi connectivity index (χ2n) is 6.40. The van der Waals surface area contributed by atoms with Gasteiger partial charge in [0.2, 0.25) is 0 Å². The molecule has 0 unspecified atom stereocenters. The summed E-state index contributed by atoms with van der Waals surface area (Å²) in [5.74, 6) is 0. The summed E-state index contributed by atoms with van der Waals surface area (Å²) in [6.07, 6.45) is 0.646. The number of nitrogens with zero attached hydrogens (tertiary/aromatic N) is 3. The lowest BCUT2D eigenvalue weighted by molar-refractivity contribution is 0.142. The van der Waals surface area contributed by atoms with Gasteiger partial charge in [-0.25, -0.2) is 17.2 Å². The van der Waals surface area contributed by atoms with E-state index < -0.39 is 16.1 Å². The minimum Gasteiger partial charge on any atom is -0.465 e. The van der Waals surface area contributed by atoms with Crippen molar-refractivity contribution < 1.29 is 18.3 Å². The predicted molar refractivity (Wildman–Crippen MR) is 103 cm³/mol. The number of rotatable bonds is 3. The average molecular weight is 385 g/mol. The number of carbonyl (C=O) groups is 1. The van der Waals surface area contributed by atoms with Gasteiger partial charge in [-0.2, -0.15) is 0 Å². The van der Waals surface area contributed by atoms with Crippen LogP contribution in [0.1, 0.15) is 0 Å². The van der Waals surface area contributed by atoms with Gasteiger partial charge in [0, 0.05) is 37.8 Å². The van der Waals surface area contributed by atoms with E-state index in [0.717, 1.165) is 11.1 Å². The number of hydrogen-bond donors (Lipinski definition) is 1. The van der Waals surface area contributed by atoms with Crippen molar-refractivity contribution in [3.63, 3.8) is 0 Å². The van der Waals surface area contributed by atoms with Gasteiger partial charge in [0.05, 0.1) is 16.1 Å². The lowest BCUT2D eigenvalue weighted by Crippen LogP contribution is -2.48. The van der Waals surface area contributed by atoms with E-state index in [0.29, 0.717) is 31.7 Å². The smallest absolute Gasteiger partial charge is 0.407 e. The quantitative estimate of drug-likeness (QED) is 0.750. The molecule has 2 heterocycles. The first-order valence-electron chi connectivity index (χ1n) is 8.62. The van der Waals surface area contributed by atoms with Crippen LogP contribution in [0.3, 0.4) is 0 Å². The molecule has 0 bridgehead atoms. The molecule has 7 nitrogen and oxygen atoms in total. The number of para-hydroxylation sites is 1. The van der Waals surface area contributed by atoms with Crippen LogP contribution in [0, 0.1) is 0 Å². The summed E-state index contributed by atoms with van der Waals surface area (Å²) >= 11 is 0. The molecule has 2 aromatic carbocycles. The van der Waals surface area contributed by atoms with Gasteiger partial charge in [0.25, 0.3) is 10.0 Å². The van der Waals surface area contributed by atoms with E-state index in [1.807, 2.05) is 23.1 Å². The van der Waals surface area contributed by atoms with Crippen LogP contribution in [-0.2, 0) is 10.0 Å². The van der Waals surface area contributed by atoms with Crippen LogP contribution in [-0.4, -0.2) is 54.7 Å². The van der Waals surface area contributed by atoms with E-state index in [1.165, 1.54) is 8.87 Å². The number of carboxylic acid groups (broad SMARTS) is 1. The van der Waals surface area contributed by atoms with Gasteiger partial charge in [0.1, 0.15) is 0 Å². The van der Waals surface area contributed by atoms with Crippen LogP contribution < -0.4 is 4.90 Å². The van der Waals surface area contributed by atoms with Crippen molar-refractivity contribution in [1.29, 1.82) is 0 Å². The fourth-order valence-electron chi connectivity index (χ4n) is 3.45. The van der Waals surface area contributed by atoms with E-state index in [2.05, 4.69) is 0 Å². The van der Waals surface area contributed by atoms with Crippen LogP contribution in [0.5, 0.6) is 0 Å². The molecule has 0 radical (unpaired) electrons. The van der Waals surface area contributed by atoms with Gasteiger partial charge in [-0.3, -0.25) is 0 Å². The van der Waals surface area contributed by atoms with Crippen molar-refractivity contribution in [3.05, 3.63) is 60.8 Å². The Kier molecular flexibility index (Phi) is 4.27. The summed E-state index contributed by atoms with van der Waals surface area (Å²) in [4.78, 5) is 14.8. The molecule has 1 saturated heterocycles. The van der Waals surface area contributed by atoms with Crippen molar-refractivity contribution >= 4 is 32.7 Å². The molecule has 1 aliphatic heterocycles. The van der Waals surface area contributed by atoms with E-state index in [-0.39, 0.29) is 4.90 Å². The van der Waals surface area contributed by atoms with Crippen LogP contribution in [0.15, 0.2) is 65.7 Å². The highest BCUT2D eigenvalue weighted by atomic mass is 32.2. The molecule has 8 heteroatoms. The third kappa shape index (κ3) is 3.02. The lowest BCUT2D eigenvalue weighted by atomic mass is 10.2. The van der Waals surface area contributed by atoms with Gasteiger partial charge in [-0.1, -0.05) is 30.3 Å². The zero-order chi connectivity index (χ0) is 19.0. The maximum Gasteiger partial charge on any atom is 0.407 e. The maximum absolute atomic E-state index is 13.1. The normalized spacial score (nSPS) is 15.3. The molecular formula is C19H19N3O4S. The summed E-state index contributed by atoms with van der Waals surface area (Å²) < 4.78 is 27.6. The molecule has 27 heavy (non-hydrogen) atoms. The third-order valence-electron chi connectivity index (χ3n) is 4.85. The van der Waals surface area contributed by atoms with Crippen LogP contribution >= 0.6 is 0 Å². The number of benzene rings is 2. The Labute approximate surface area is 157 Å². The fraction of sp³-hybridized carbons (Fsp3) is 0.211. The number of piperazine rings is 1. The highest BCUT2D eigenvalue weighted by Gasteiger charge is 2.25. The Hall–Kier alpha value is -3.00. The molecule has 1 aromatic heterocycles. The minimum atomic E-state index is -3.72. The molecule has 1 aliphatic rings. The van der Waals surface area contributed by atoms with Gasteiger partial charge >= 0.3 is 6.09 Å². The third-order valence-corrected chi connectivity index (χ3v) is 6.54. The summed E-state index contributed by atoms with van der Waals surface area (Å²) in [5.41, 5.74) is 1.41. The van der Waals surface area contributed by atoms with Crippen molar-refractivity contribution in [2.24, 2.45) is 0 Å². The predicted octanol–water partition coefficient (Wildman–Crippen LogP) is 2.68. The van der Waals surface area contributed by atoms with E-state index in [1.54, 1.807) is 42.6 Å². The van der Waals surface area contributed by atoms with Crippen molar-refractivity contribution in [2.45, 2.75) is 4.90 Å². The van der Waals surface area contributed by atoms with Crippen molar-refractivity contribution in [1.82, 2.24) is 8.87 Å². The number of amides is 1.